The molecule has 0 spiro atoms. The Hall–Kier alpha value is -3.66. The quantitative estimate of drug-likeness (QED) is 0.225. The summed E-state index contributed by atoms with van der Waals surface area (Å²) < 4.78 is 19.5. The first-order valence-electron chi connectivity index (χ1n) is 12.8. The van der Waals surface area contributed by atoms with Crippen LogP contribution in [0.25, 0.3) is 6.08 Å². The fourth-order valence-electron chi connectivity index (χ4n) is 4.55. The summed E-state index contributed by atoms with van der Waals surface area (Å²) in [6.45, 7) is 4.09. The number of benzene rings is 3. The average Bonchev–Trinajstić information content (AvgIpc) is 3.26. The predicted octanol–water partition coefficient (Wildman–Crippen LogP) is 5.80. The average molecular weight is 654 g/mol. The molecule has 0 N–H and O–H groups in total. The number of rotatable bonds is 8. The highest BCUT2D eigenvalue weighted by Gasteiger charge is 2.33. The Morgan fingerprint density at radius 1 is 1.15 bits per heavy atom. The molecule has 0 aliphatic carbocycles. The maximum Gasteiger partial charge on any atom is 0.338 e. The minimum absolute atomic E-state index is 0.204. The van der Waals surface area contributed by atoms with Gasteiger partial charge in [0.05, 0.1) is 40.0 Å². The van der Waals surface area contributed by atoms with Crippen LogP contribution in [0.1, 0.15) is 36.6 Å². The third-order valence-electron chi connectivity index (χ3n) is 6.48. The van der Waals surface area contributed by atoms with E-state index in [9.17, 15) is 9.59 Å². The molecule has 0 unspecified atom stereocenters. The number of halogens is 2. The second kappa shape index (κ2) is 12.5. The van der Waals surface area contributed by atoms with Gasteiger partial charge in [-0.1, -0.05) is 53.3 Å². The number of thiazole rings is 1. The Morgan fingerprint density at radius 3 is 2.63 bits per heavy atom. The first kappa shape index (κ1) is 28.9. The zero-order valence-corrected chi connectivity index (χ0v) is 25.7. The maximum absolute atomic E-state index is 13.9. The normalized spacial score (nSPS) is 14.9. The number of hydrogen-bond donors (Lipinski definition) is 0. The molecule has 0 bridgehead atoms. The summed E-state index contributed by atoms with van der Waals surface area (Å²) in [6.07, 6.45) is 1.81. The van der Waals surface area contributed by atoms with Crippen molar-refractivity contribution in [3.63, 3.8) is 0 Å². The number of carbonyl (C=O) groups is 1. The SMILES string of the molecule is CCOC(=O)C1=C(C)N=c2s/c(=C/c3cccc(OCc4ccc(Cl)cc4)c3)c(=O)n2[C@@H]1c1ccc(OC)c(Br)c1. The highest BCUT2D eigenvalue weighted by Crippen LogP contribution is 2.35. The standard InChI is InChI=1S/C31H26BrClN2O5S/c1-4-39-30(37)27-18(2)34-31-35(28(27)21-10-13-25(38-3)24(32)16-21)29(36)26(41-31)15-20-6-5-7-23(14-20)40-17-19-8-11-22(33)12-9-19/h5-16,28H,4,17H2,1-3H3/b26-15+/t28-/m1/s1. The second-order valence-corrected chi connectivity index (χ2v) is 11.5. The number of ether oxygens (including phenoxy) is 3. The van der Waals surface area contributed by atoms with Crippen molar-refractivity contribution >= 4 is 50.9 Å². The Bertz CT molecular complexity index is 1830. The molecule has 5 rings (SSSR count). The van der Waals surface area contributed by atoms with E-state index in [2.05, 4.69) is 20.9 Å². The van der Waals surface area contributed by atoms with E-state index in [-0.39, 0.29) is 12.2 Å². The molecule has 2 heterocycles. The first-order chi connectivity index (χ1) is 19.8. The number of carbonyl (C=O) groups excluding carboxylic acids is 1. The first-order valence-corrected chi connectivity index (χ1v) is 14.8. The Balaban J connectivity index is 1.55. The molecule has 210 valence electrons. The number of fused-ring (bicyclic) bond motifs is 1. The number of aromatic nitrogens is 1. The van der Waals surface area contributed by atoms with Crippen LogP contribution in [0.5, 0.6) is 11.5 Å². The molecular weight excluding hydrogens is 628 g/mol. The molecule has 0 fully saturated rings. The number of hydrogen-bond acceptors (Lipinski definition) is 7. The van der Waals surface area contributed by atoms with Crippen molar-refractivity contribution in [2.24, 2.45) is 4.99 Å². The highest BCUT2D eigenvalue weighted by molar-refractivity contribution is 9.10. The van der Waals surface area contributed by atoms with Gasteiger partial charge in [0.15, 0.2) is 4.80 Å². The van der Waals surface area contributed by atoms with Crippen molar-refractivity contribution in [3.8, 4) is 11.5 Å². The lowest BCUT2D eigenvalue weighted by molar-refractivity contribution is -0.139. The minimum atomic E-state index is -0.719. The van der Waals surface area contributed by atoms with Crippen molar-refractivity contribution in [2.75, 3.05) is 13.7 Å². The van der Waals surface area contributed by atoms with E-state index in [1.165, 1.54) is 11.3 Å². The smallest absolute Gasteiger partial charge is 0.338 e. The highest BCUT2D eigenvalue weighted by atomic mass is 79.9. The lowest BCUT2D eigenvalue weighted by Gasteiger charge is -2.25. The summed E-state index contributed by atoms with van der Waals surface area (Å²) in [6, 6.07) is 19.8. The summed E-state index contributed by atoms with van der Waals surface area (Å²) in [5.74, 6) is 0.797. The van der Waals surface area contributed by atoms with Gasteiger partial charge in [-0.2, -0.15) is 0 Å². The zero-order valence-electron chi connectivity index (χ0n) is 22.5. The Morgan fingerprint density at radius 2 is 1.93 bits per heavy atom. The molecule has 1 aliphatic heterocycles. The maximum atomic E-state index is 13.9. The van der Waals surface area contributed by atoms with Crippen LogP contribution in [0.3, 0.4) is 0 Å². The van der Waals surface area contributed by atoms with Crippen LogP contribution in [0.2, 0.25) is 5.02 Å². The minimum Gasteiger partial charge on any atom is -0.496 e. The van der Waals surface area contributed by atoms with Gasteiger partial charge in [-0.15, -0.1) is 0 Å². The van der Waals surface area contributed by atoms with E-state index in [1.807, 2.05) is 66.7 Å². The summed E-state index contributed by atoms with van der Waals surface area (Å²) in [7, 11) is 1.58. The summed E-state index contributed by atoms with van der Waals surface area (Å²) in [4.78, 5) is 32.2. The molecule has 0 amide bonds. The lowest BCUT2D eigenvalue weighted by Crippen LogP contribution is -2.39. The number of methoxy groups -OCH3 is 1. The van der Waals surface area contributed by atoms with Crippen LogP contribution in [-0.2, 0) is 16.1 Å². The molecular formula is C31H26BrClN2O5S. The fourth-order valence-corrected chi connectivity index (χ4v) is 6.28. The molecule has 0 saturated carbocycles. The fraction of sp³-hybridized carbons (Fsp3) is 0.194. The molecule has 41 heavy (non-hydrogen) atoms. The summed E-state index contributed by atoms with van der Waals surface area (Å²) >= 11 is 10.8. The molecule has 1 aromatic heterocycles. The van der Waals surface area contributed by atoms with Crippen LogP contribution in [-0.4, -0.2) is 24.3 Å². The van der Waals surface area contributed by atoms with Gasteiger partial charge < -0.3 is 14.2 Å². The second-order valence-electron chi connectivity index (χ2n) is 9.18. The van der Waals surface area contributed by atoms with E-state index >= 15 is 0 Å². The third kappa shape index (κ3) is 6.17. The lowest BCUT2D eigenvalue weighted by atomic mass is 9.96. The van der Waals surface area contributed by atoms with Gasteiger partial charge in [0.1, 0.15) is 18.1 Å². The van der Waals surface area contributed by atoms with Gasteiger partial charge >= 0.3 is 5.97 Å². The summed E-state index contributed by atoms with van der Waals surface area (Å²) in [5.41, 5.74) is 3.08. The van der Waals surface area contributed by atoms with Gasteiger partial charge in [0, 0.05) is 5.02 Å². The van der Waals surface area contributed by atoms with Crippen LogP contribution in [0.15, 0.2) is 92.3 Å². The van der Waals surface area contributed by atoms with Gasteiger partial charge in [-0.25, -0.2) is 9.79 Å². The number of esters is 1. The van der Waals surface area contributed by atoms with E-state index in [0.29, 0.717) is 48.2 Å². The molecule has 1 atom stereocenters. The van der Waals surface area contributed by atoms with Gasteiger partial charge in [0.25, 0.3) is 5.56 Å². The van der Waals surface area contributed by atoms with Crippen LogP contribution >= 0.6 is 38.9 Å². The molecule has 4 aromatic rings. The van der Waals surface area contributed by atoms with Crippen LogP contribution in [0.4, 0.5) is 0 Å². The molecule has 0 saturated heterocycles. The monoisotopic (exact) mass is 652 g/mol. The Labute approximate surface area is 254 Å². The van der Waals surface area contributed by atoms with Crippen molar-refractivity contribution in [2.45, 2.75) is 26.5 Å². The van der Waals surface area contributed by atoms with E-state index in [4.69, 9.17) is 25.8 Å². The van der Waals surface area contributed by atoms with E-state index < -0.39 is 12.0 Å². The van der Waals surface area contributed by atoms with Crippen molar-refractivity contribution in [1.82, 2.24) is 4.57 Å². The van der Waals surface area contributed by atoms with Crippen molar-refractivity contribution in [1.29, 1.82) is 0 Å². The topological polar surface area (TPSA) is 79.1 Å². The van der Waals surface area contributed by atoms with Gasteiger partial charge in [0.2, 0.25) is 0 Å². The molecule has 3 aromatic carbocycles. The van der Waals surface area contributed by atoms with Gasteiger partial charge in [-0.05, 0) is 88.9 Å². The molecule has 10 heteroatoms. The van der Waals surface area contributed by atoms with E-state index in [0.717, 1.165) is 16.7 Å². The number of allylic oxidation sites excluding steroid dienone is 1. The summed E-state index contributed by atoms with van der Waals surface area (Å²) in [5, 5.41) is 0.670. The van der Waals surface area contributed by atoms with Crippen LogP contribution in [0, 0.1) is 0 Å². The molecule has 1 aliphatic rings. The largest absolute Gasteiger partial charge is 0.496 e. The van der Waals surface area contributed by atoms with Crippen molar-refractivity contribution in [3.05, 3.63) is 124 Å². The van der Waals surface area contributed by atoms with E-state index in [1.54, 1.807) is 31.6 Å². The van der Waals surface area contributed by atoms with Crippen molar-refractivity contribution < 1.29 is 19.0 Å². The Kier molecular flexibility index (Phi) is 8.77. The molecule has 7 nitrogen and oxygen atoms in total. The van der Waals surface area contributed by atoms with Gasteiger partial charge in [-0.3, -0.25) is 9.36 Å². The third-order valence-corrected chi connectivity index (χ3v) is 8.34. The zero-order chi connectivity index (χ0) is 29.1. The predicted molar refractivity (Wildman–Crippen MR) is 163 cm³/mol. The molecule has 0 radical (unpaired) electrons. The van der Waals surface area contributed by atoms with Crippen LogP contribution < -0.4 is 24.4 Å². The number of nitrogens with zero attached hydrogens (tertiary/aromatic N) is 2.